The van der Waals surface area contributed by atoms with Gasteiger partial charge in [-0.2, -0.15) is 0 Å². The highest BCUT2D eigenvalue weighted by molar-refractivity contribution is 5.99. The third-order valence-corrected chi connectivity index (χ3v) is 7.41. The van der Waals surface area contributed by atoms with Crippen LogP contribution < -0.4 is 0 Å². The predicted molar refractivity (Wildman–Crippen MR) is 115 cm³/mol. The van der Waals surface area contributed by atoms with Crippen molar-refractivity contribution in [2.45, 2.75) is 98.1 Å². The molecule has 7 nitrogen and oxygen atoms in total. The highest BCUT2D eigenvalue weighted by Gasteiger charge is 2.49. The van der Waals surface area contributed by atoms with Crippen molar-refractivity contribution in [2.24, 2.45) is 23.2 Å². The molecule has 0 spiro atoms. The average molecular weight is 428 g/mol. The molecule has 0 aliphatic carbocycles. The highest BCUT2D eigenvalue weighted by atomic mass is 16.6. The molecule has 7 atom stereocenters. The molecular formula is C23H41NO6. The van der Waals surface area contributed by atoms with Crippen LogP contribution in [0.4, 0.5) is 0 Å². The molecule has 1 fully saturated rings. The summed E-state index contributed by atoms with van der Waals surface area (Å²) in [6.45, 7) is 14.0. The number of hydrogen-bond donors (Lipinski definition) is 3. The molecule has 0 bridgehead atoms. The molecule has 1 aliphatic rings. The SMILES string of the molecule is CC[C@H]1OC(=O)[C@H](C)C(=O)CC(C)(C)[C@](C)(OC)C[C@@H](C)C(=N)[C@H](C)[C@@H](O)[C@]1(C)O. The number of rotatable bonds is 2. The van der Waals surface area contributed by atoms with E-state index in [4.69, 9.17) is 14.9 Å². The molecule has 0 radical (unpaired) electrons. The van der Waals surface area contributed by atoms with Gasteiger partial charge in [0.1, 0.15) is 23.4 Å². The fourth-order valence-electron chi connectivity index (χ4n) is 4.41. The van der Waals surface area contributed by atoms with Crippen molar-refractivity contribution in [3.63, 3.8) is 0 Å². The van der Waals surface area contributed by atoms with Crippen LogP contribution in [0.3, 0.4) is 0 Å². The normalized spacial score (nSPS) is 41.8. The molecule has 30 heavy (non-hydrogen) atoms. The Labute approximate surface area is 181 Å². The van der Waals surface area contributed by atoms with Crippen molar-refractivity contribution < 1.29 is 29.3 Å². The van der Waals surface area contributed by atoms with Gasteiger partial charge in [-0.15, -0.1) is 0 Å². The van der Waals surface area contributed by atoms with E-state index in [0.717, 1.165) is 0 Å². The Kier molecular flexibility index (Phi) is 8.42. The molecule has 174 valence electrons. The first kappa shape index (κ1) is 26.7. The minimum atomic E-state index is -1.77. The van der Waals surface area contributed by atoms with Crippen LogP contribution in [0.1, 0.15) is 74.7 Å². The maximum atomic E-state index is 12.9. The number of cyclic esters (lactones) is 1. The lowest BCUT2D eigenvalue weighted by Crippen LogP contribution is -2.56. The van der Waals surface area contributed by atoms with Crippen LogP contribution in [-0.4, -0.2) is 58.2 Å². The zero-order chi connectivity index (χ0) is 23.7. The van der Waals surface area contributed by atoms with Gasteiger partial charge in [0.05, 0.1) is 11.7 Å². The topological polar surface area (TPSA) is 117 Å². The van der Waals surface area contributed by atoms with Crippen molar-refractivity contribution in [3.8, 4) is 0 Å². The van der Waals surface area contributed by atoms with E-state index >= 15 is 0 Å². The highest BCUT2D eigenvalue weighted by Crippen LogP contribution is 2.43. The minimum Gasteiger partial charge on any atom is -0.459 e. The molecule has 1 aliphatic heterocycles. The van der Waals surface area contributed by atoms with Crippen LogP contribution in [0.25, 0.3) is 0 Å². The summed E-state index contributed by atoms with van der Waals surface area (Å²) >= 11 is 0. The maximum absolute atomic E-state index is 12.9. The number of aliphatic hydroxyl groups is 2. The van der Waals surface area contributed by atoms with E-state index in [1.807, 2.05) is 27.7 Å². The molecule has 1 saturated heterocycles. The number of esters is 1. The number of aliphatic hydroxyl groups excluding tert-OH is 1. The lowest BCUT2D eigenvalue weighted by atomic mass is 9.66. The summed E-state index contributed by atoms with van der Waals surface area (Å²) in [6.07, 6.45) is -1.49. The summed E-state index contributed by atoms with van der Waals surface area (Å²) in [5.41, 5.74) is -2.85. The second-order valence-corrected chi connectivity index (χ2v) is 10.0. The van der Waals surface area contributed by atoms with E-state index in [1.165, 1.54) is 13.8 Å². The summed E-state index contributed by atoms with van der Waals surface area (Å²) in [5, 5.41) is 30.6. The monoisotopic (exact) mass is 427 g/mol. The summed E-state index contributed by atoms with van der Waals surface area (Å²) in [4.78, 5) is 25.6. The Morgan fingerprint density at radius 1 is 1.17 bits per heavy atom. The molecule has 1 rings (SSSR count). The van der Waals surface area contributed by atoms with E-state index < -0.39 is 46.6 Å². The molecule has 0 aromatic heterocycles. The van der Waals surface area contributed by atoms with Gasteiger partial charge in [0.25, 0.3) is 0 Å². The zero-order valence-electron chi connectivity index (χ0n) is 20.0. The lowest BCUT2D eigenvalue weighted by Gasteiger charge is -2.46. The van der Waals surface area contributed by atoms with Gasteiger partial charge in [-0.25, -0.2) is 0 Å². The first-order valence-electron chi connectivity index (χ1n) is 10.8. The quantitative estimate of drug-likeness (QED) is 0.460. The second-order valence-electron chi connectivity index (χ2n) is 10.0. The van der Waals surface area contributed by atoms with Gasteiger partial charge in [-0.1, -0.05) is 34.6 Å². The van der Waals surface area contributed by atoms with E-state index in [-0.39, 0.29) is 30.3 Å². The average Bonchev–Trinajstić information content (AvgIpc) is 2.67. The van der Waals surface area contributed by atoms with Crippen molar-refractivity contribution in [2.75, 3.05) is 7.11 Å². The van der Waals surface area contributed by atoms with Crippen LogP contribution in [0, 0.1) is 28.6 Å². The molecule has 0 aromatic carbocycles. The standard InChI is InChI=1S/C23H41NO6/c1-10-17-23(8,28)19(26)15(4)18(24)13(2)11-22(7,29-9)21(5,6)12-16(25)14(3)20(27)30-17/h13-15,17,19,24,26,28H,10-12H2,1-9H3/t13-,14-,15+,17-,19-,22-,23-/m1/s1. The fourth-order valence-corrected chi connectivity index (χ4v) is 4.41. The van der Waals surface area contributed by atoms with Crippen molar-refractivity contribution >= 4 is 17.5 Å². The van der Waals surface area contributed by atoms with Crippen LogP contribution in [0.15, 0.2) is 0 Å². The van der Waals surface area contributed by atoms with E-state index in [2.05, 4.69) is 0 Å². The third-order valence-electron chi connectivity index (χ3n) is 7.41. The number of carbonyl (C=O) groups is 2. The van der Waals surface area contributed by atoms with Gasteiger partial charge in [0, 0.05) is 30.6 Å². The van der Waals surface area contributed by atoms with Crippen LogP contribution in [0.2, 0.25) is 0 Å². The Morgan fingerprint density at radius 2 is 1.70 bits per heavy atom. The van der Waals surface area contributed by atoms with E-state index in [0.29, 0.717) is 6.42 Å². The summed E-state index contributed by atoms with van der Waals surface area (Å²) < 4.78 is 11.3. The Bertz CT molecular complexity index is 658. The van der Waals surface area contributed by atoms with Gasteiger partial charge in [0.2, 0.25) is 0 Å². The Morgan fingerprint density at radius 3 is 2.17 bits per heavy atom. The molecular weight excluding hydrogens is 386 g/mol. The maximum Gasteiger partial charge on any atom is 0.316 e. The third kappa shape index (κ3) is 5.11. The lowest BCUT2D eigenvalue weighted by molar-refractivity contribution is -0.186. The van der Waals surface area contributed by atoms with Crippen LogP contribution >= 0.6 is 0 Å². The smallest absolute Gasteiger partial charge is 0.316 e. The summed E-state index contributed by atoms with van der Waals surface area (Å²) in [7, 11) is 1.58. The predicted octanol–water partition coefficient (Wildman–Crippen LogP) is 3.14. The number of nitrogens with one attached hydrogen (secondary N) is 1. The van der Waals surface area contributed by atoms with Crippen molar-refractivity contribution in [3.05, 3.63) is 0 Å². The molecule has 1 heterocycles. The minimum absolute atomic E-state index is 0.110. The number of carbonyl (C=O) groups excluding carboxylic acids is 2. The number of ether oxygens (including phenoxy) is 2. The van der Waals surface area contributed by atoms with Crippen molar-refractivity contribution in [1.82, 2.24) is 0 Å². The van der Waals surface area contributed by atoms with Gasteiger partial charge in [0.15, 0.2) is 0 Å². The number of methoxy groups -OCH3 is 1. The molecule has 0 saturated carbocycles. The van der Waals surface area contributed by atoms with Crippen LogP contribution in [0.5, 0.6) is 0 Å². The number of Topliss-reactive ketones (excluding diaryl/α,β-unsaturated/α-hetero) is 1. The fraction of sp³-hybridized carbons (Fsp3) is 0.870. The van der Waals surface area contributed by atoms with Crippen molar-refractivity contribution in [1.29, 1.82) is 5.41 Å². The van der Waals surface area contributed by atoms with Gasteiger partial charge >= 0.3 is 5.97 Å². The molecule has 3 N–H and O–H groups in total. The summed E-state index contributed by atoms with van der Waals surface area (Å²) in [5.74, 6) is -2.90. The van der Waals surface area contributed by atoms with Gasteiger partial charge in [-0.05, 0) is 39.5 Å². The molecule has 0 unspecified atom stereocenters. The Hall–Kier alpha value is -1.31. The first-order chi connectivity index (χ1) is 13.6. The first-order valence-corrected chi connectivity index (χ1v) is 10.8. The van der Waals surface area contributed by atoms with E-state index in [9.17, 15) is 19.8 Å². The van der Waals surface area contributed by atoms with Gasteiger partial charge in [-0.3, -0.25) is 9.59 Å². The van der Waals surface area contributed by atoms with Gasteiger partial charge < -0.3 is 25.1 Å². The summed E-state index contributed by atoms with van der Waals surface area (Å²) in [6, 6.07) is 0. The second kappa shape index (κ2) is 9.45. The van der Waals surface area contributed by atoms with Crippen LogP contribution in [-0.2, 0) is 19.1 Å². The molecule has 7 heteroatoms. The number of hydrogen-bond acceptors (Lipinski definition) is 7. The largest absolute Gasteiger partial charge is 0.459 e. The molecule has 0 aromatic rings. The Balaban J connectivity index is 3.50. The molecule has 0 amide bonds. The van der Waals surface area contributed by atoms with E-state index in [1.54, 1.807) is 21.0 Å². The zero-order valence-corrected chi connectivity index (χ0v) is 20.0. The number of ketones is 1.